The SMILES string of the molecule is Cc1nnc(-c2ccc(-c3cc4c(NC(C)C)c(C(N)=O)cnn4c3)cc2)o1. The smallest absolute Gasteiger partial charge is 0.252 e. The lowest BCUT2D eigenvalue weighted by Gasteiger charge is -2.14. The van der Waals surface area contributed by atoms with Crippen LogP contribution in [0.3, 0.4) is 0 Å². The molecule has 0 aliphatic carbocycles. The minimum atomic E-state index is -0.514. The van der Waals surface area contributed by atoms with Gasteiger partial charge in [-0.25, -0.2) is 4.52 Å². The summed E-state index contributed by atoms with van der Waals surface area (Å²) in [4.78, 5) is 11.8. The van der Waals surface area contributed by atoms with Gasteiger partial charge in [0.1, 0.15) is 0 Å². The molecule has 0 fully saturated rings. The van der Waals surface area contributed by atoms with Crippen molar-refractivity contribution in [2.45, 2.75) is 26.8 Å². The number of primary amides is 1. The molecule has 0 aliphatic rings. The Morgan fingerprint density at radius 1 is 1.14 bits per heavy atom. The van der Waals surface area contributed by atoms with E-state index in [4.69, 9.17) is 10.2 Å². The maximum Gasteiger partial charge on any atom is 0.252 e. The second kappa shape index (κ2) is 6.80. The van der Waals surface area contributed by atoms with E-state index in [1.54, 1.807) is 11.4 Å². The van der Waals surface area contributed by atoms with Crippen LogP contribution in [0.15, 0.2) is 47.1 Å². The molecule has 0 saturated heterocycles. The third-order valence-corrected chi connectivity index (χ3v) is 4.33. The number of nitrogens with zero attached hydrogens (tertiary/aromatic N) is 4. The number of nitrogens with two attached hydrogens (primary N) is 1. The Balaban J connectivity index is 1.76. The van der Waals surface area contributed by atoms with Crippen molar-refractivity contribution in [3.63, 3.8) is 0 Å². The van der Waals surface area contributed by atoms with Gasteiger partial charge in [0.05, 0.1) is 23.0 Å². The summed E-state index contributed by atoms with van der Waals surface area (Å²) in [5, 5.41) is 15.5. The highest BCUT2D eigenvalue weighted by atomic mass is 16.4. The fourth-order valence-corrected chi connectivity index (χ4v) is 3.06. The molecule has 8 nitrogen and oxygen atoms in total. The van der Waals surface area contributed by atoms with E-state index in [-0.39, 0.29) is 6.04 Å². The number of hydrogen-bond acceptors (Lipinski definition) is 6. The Kier molecular flexibility index (Phi) is 4.31. The molecule has 1 aromatic carbocycles. The van der Waals surface area contributed by atoms with Gasteiger partial charge in [0.15, 0.2) is 0 Å². The maximum absolute atomic E-state index is 11.8. The Labute approximate surface area is 161 Å². The number of hydrogen-bond donors (Lipinski definition) is 2. The average Bonchev–Trinajstić information content (AvgIpc) is 3.28. The Hall–Kier alpha value is -3.68. The van der Waals surface area contributed by atoms with E-state index >= 15 is 0 Å². The van der Waals surface area contributed by atoms with Crippen LogP contribution in [-0.4, -0.2) is 31.8 Å². The van der Waals surface area contributed by atoms with Crippen LogP contribution in [-0.2, 0) is 0 Å². The zero-order valence-electron chi connectivity index (χ0n) is 15.8. The lowest BCUT2D eigenvalue weighted by Crippen LogP contribution is -2.19. The normalized spacial score (nSPS) is 11.3. The predicted molar refractivity (Wildman–Crippen MR) is 106 cm³/mol. The summed E-state index contributed by atoms with van der Waals surface area (Å²) in [6, 6.07) is 9.94. The molecule has 4 aromatic rings. The van der Waals surface area contributed by atoms with E-state index in [1.807, 2.05) is 50.4 Å². The van der Waals surface area contributed by atoms with E-state index in [1.165, 1.54) is 6.20 Å². The summed E-state index contributed by atoms with van der Waals surface area (Å²) in [7, 11) is 0. The van der Waals surface area contributed by atoms with Crippen LogP contribution in [0, 0.1) is 6.92 Å². The van der Waals surface area contributed by atoms with E-state index in [0.717, 1.165) is 22.2 Å². The van der Waals surface area contributed by atoms with Crippen LogP contribution in [0.4, 0.5) is 5.69 Å². The number of aryl methyl sites for hydroxylation is 1. The Morgan fingerprint density at radius 2 is 1.86 bits per heavy atom. The number of anilines is 1. The molecular weight excluding hydrogens is 356 g/mol. The number of carbonyl (C=O) groups is 1. The number of benzene rings is 1. The molecule has 3 aromatic heterocycles. The monoisotopic (exact) mass is 376 g/mol. The Morgan fingerprint density at radius 3 is 2.46 bits per heavy atom. The standard InChI is InChI=1S/C20H20N6O2/c1-11(2)23-18-16(19(21)27)9-22-26-10-15(8-17(18)26)13-4-6-14(7-5-13)20-25-24-12(3)28-20/h4-11,23H,1-3H3,(H2,21,27). The van der Waals surface area contributed by atoms with E-state index in [0.29, 0.717) is 23.0 Å². The summed E-state index contributed by atoms with van der Waals surface area (Å²) in [6.45, 7) is 5.76. The summed E-state index contributed by atoms with van der Waals surface area (Å²) in [5.74, 6) is 0.502. The number of nitrogens with one attached hydrogen (secondary N) is 1. The lowest BCUT2D eigenvalue weighted by molar-refractivity contribution is 0.100. The van der Waals surface area contributed by atoms with Crippen molar-refractivity contribution in [1.82, 2.24) is 19.8 Å². The van der Waals surface area contributed by atoms with Gasteiger partial charge in [0, 0.05) is 30.3 Å². The number of amides is 1. The lowest BCUT2D eigenvalue weighted by atomic mass is 10.1. The molecule has 1 amide bonds. The second-order valence-corrected chi connectivity index (χ2v) is 6.86. The van der Waals surface area contributed by atoms with Gasteiger partial charge in [0.2, 0.25) is 11.8 Å². The predicted octanol–water partition coefficient (Wildman–Crippen LogP) is 3.28. The number of carbonyl (C=O) groups excluding carboxylic acids is 1. The topological polar surface area (TPSA) is 111 Å². The van der Waals surface area contributed by atoms with Gasteiger partial charge in [-0.15, -0.1) is 10.2 Å². The first-order valence-corrected chi connectivity index (χ1v) is 8.91. The second-order valence-electron chi connectivity index (χ2n) is 6.86. The highest BCUT2D eigenvalue weighted by Crippen LogP contribution is 2.30. The summed E-state index contributed by atoms with van der Waals surface area (Å²) >= 11 is 0. The van der Waals surface area contributed by atoms with Crippen molar-refractivity contribution in [1.29, 1.82) is 0 Å². The van der Waals surface area contributed by atoms with E-state index < -0.39 is 5.91 Å². The quantitative estimate of drug-likeness (QED) is 0.553. The minimum absolute atomic E-state index is 0.139. The zero-order chi connectivity index (χ0) is 19.8. The average molecular weight is 376 g/mol. The molecule has 0 bridgehead atoms. The number of rotatable bonds is 5. The number of aromatic nitrogens is 4. The molecule has 0 radical (unpaired) electrons. The first-order valence-electron chi connectivity index (χ1n) is 8.91. The molecule has 142 valence electrons. The first kappa shape index (κ1) is 17.7. The molecular formula is C20H20N6O2. The molecule has 0 unspecified atom stereocenters. The molecule has 0 saturated carbocycles. The van der Waals surface area contributed by atoms with Crippen LogP contribution in [0.2, 0.25) is 0 Å². The molecule has 8 heteroatoms. The van der Waals surface area contributed by atoms with Gasteiger partial charge in [-0.3, -0.25) is 4.79 Å². The van der Waals surface area contributed by atoms with Crippen LogP contribution < -0.4 is 11.1 Å². The molecule has 28 heavy (non-hydrogen) atoms. The van der Waals surface area contributed by atoms with Gasteiger partial charge in [-0.05, 0) is 37.6 Å². The van der Waals surface area contributed by atoms with Gasteiger partial charge in [0.25, 0.3) is 5.91 Å². The molecule has 3 heterocycles. The van der Waals surface area contributed by atoms with E-state index in [9.17, 15) is 4.79 Å². The maximum atomic E-state index is 11.8. The van der Waals surface area contributed by atoms with Crippen molar-refractivity contribution in [2.24, 2.45) is 5.73 Å². The highest BCUT2D eigenvalue weighted by molar-refractivity contribution is 6.02. The summed E-state index contributed by atoms with van der Waals surface area (Å²) in [5.41, 5.74) is 10.2. The number of fused-ring (bicyclic) bond motifs is 1. The Bertz CT molecular complexity index is 1160. The fraction of sp³-hybridized carbons (Fsp3) is 0.200. The third-order valence-electron chi connectivity index (χ3n) is 4.33. The van der Waals surface area contributed by atoms with Crippen LogP contribution in [0.1, 0.15) is 30.1 Å². The van der Waals surface area contributed by atoms with Crippen LogP contribution in [0.5, 0.6) is 0 Å². The van der Waals surface area contributed by atoms with Crippen LogP contribution in [0.25, 0.3) is 28.1 Å². The van der Waals surface area contributed by atoms with Gasteiger partial charge in [-0.1, -0.05) is 12.1 Å². The van der Waals surface area contributed by atoms with Crippen LogP contribution >= 0.6 is 0 Å². The van der Waals surface area contributed by atoms with Crippen molar-refractivity contribution >= 4 is 17.1 Å². The third kappa shape index (κ3) is 3.20. The molecule has 3 N–H and O–H groups in total. The molecule has 0 spiro atoms. The van der Waals surface area contributed by atoms with Crippen molar-refractivity contribution < 1.29 is 9.21 Å². The van der Waals surface area contributed by atoms with Crippen molar-refractivity contribution in [2.75, 3.05) is 5.32 Å². The van der Waals surface area contributed by atoms with Crippen molar-refractivity contribution in [3.8, 4) is 22.6 Å². The molecule has 4 rings (SSSR count). The van der Waals surface area contributed by atoms with Gasteiger partial charge in [-0.2, -0.15) is 5.10 Å². The minimum Gasteiger partial charge on any atom is -0.421 e. The molecule has 0 aliphatic heterocycles. The van der Waals surface area contributed by atoms with Gasteiger partial charge >= 0.3 is 0 Å². The first-order chi connectivity index (χ1) is 13.4. The largest absolute Gasteiger partial charge is 0.421 e. The van der Waals surface area contributed by atoms with E-state index in [2.05, 4.69) is 20.6 Å². The van der Waals surface area contributed by atoms with Gasteiger partial charge < -0.3 is 15.5 Å². The summed E-state index contributed by atoms with van der Waals surface area (Å²) < 4.78 is 7.20. The summed E-state index contributed by atoms with van der Waals surface area (Å²) in [6.07, 6.45) is 3.41. The zero-order valence-corrected chi connectivity index (χ0v) is 15.8. The molecule has 0 atom stereocenters. The van der Waals surface area contributed by atoms with Crippen molar-refractivity contribution in [3.05, 3.63) is 54.2 Å². The highest BCUT2D eigenvalue weighted by Gasteiger charge is 2.16. The fourth-order valence-electron chi connectivity index (χ4n) is 3.06.